The molecule has 0 aliphatic carbocycles. The van der Waals surface area contributed by atoms with E-state index in [1.807, 2.05) is 6.08 Å². The number of allylic oxidation sites excluding steroid dienone is 1. The van der Waals surface area contributed by atoms with Gasteiger partial charge in [0.25, 0.3) is 0 Å². The van der Waals surface area contributed by atoms with E-state index in [-0.39, 0.29) is 18.5 Å². The number of aliphatic hydroxyl groups is 2. The molecule has 1 amide bonds. The van der Waals surface area contributed by atoms with Crippen molar-refractivity contribution >= 4 is 11.9 Å². The van der Waals surface area contributed by atoms with Crippen LogP contribution in [0.15, 0.2) is 12.2 Å². The van der Waals surface area contributed by atoms with E-state index in [1.165, 1.54) is 238 Å². The predicted octanol–water partition coefficient (Wildman–Crippen LogP) is 17.7. The van der Waals surface area contributed by atoms with Gasteiger partial charge in [0.05, 0.1) is 25.4 Å². The number of unbranched alkanes of at least 4 members (excludes halogenated alkanes) is 43. The summed E-state index contributed by atoms with van der Waals surface area (Å²) in [5, 5.41) is 23.1. The van der Waals surface area contributed by atoms with E-state index in [2.05, 4.69) is 19.2 Å². The lowest BCUT2D eigenvalue weighted by Crippen LogP contribution is -2.45. The minimum absolute atomic E-state index is 0.0160. The van der Waals surface area contributed by atoms with Crippen molar-refractivity contribution in [3.63, 3.8) is 0 Å². The van der Waals surface area contributed by atoms with Crippen LogP contribution in [0.5, 0.6) is 0 Å². The van der Waals surface area contributed by atoms with E-state index in [0.717, 1.165) is 57.8 Å². The second-order valence-corrected chi connectivity index (χ2v) is 20.0. The molecule has 0 bridgehead atoms. The molecule has 0 aliphatic rings. The number of hydrogen-bond acceptors (Lipinski definition) is 5. The molecule has 0 saturated carbocycles. The Labute approximate surface area is 399 Å². The van der Waals surface area contributed by atoms with Crippen LogP contribution in [0.1, 0.15) is 322 Å². The Bertz CT molecular complexity index is 955. The van der Waals surface area contributed by atoms with Gasteiger partial charge < -0.3 is 20.3 Å². The van der Waals surface area contributed by atoms with Gasteiger partial charge in [0.2, 0.25) is 5.91 Å². The van der Waals surface area contributed by atoms with Gasteiger partial charge in [-0.15, -0.1) is 0 Å². The second kappa shape index (κ2) is 54.2. The number of ether oxygens (including phenoxy) is 1. The largest absolute Gasteiger partial charge is 0.466 e. The monoisotopic (exact) mass is 904 g/mol. The molecule has 0 fully saturated rings. The van der Waals surface area contributed by atoms with Crippen molar-refractivity contribution < 1.29 is 24.5 Å². The van der Waals surface area contributed by atoms with E-state index < -0.39 is 12.1 Å². The third-order valence-electron chi connectivity index (χ3n) is 13.6. The van der Waals surface area contributed by atoms with Crippen molar-refractivity contribution in [1.82, 2.24) is 5.32 Å². The maximum absolute atomic E-state index is 12.5. The minimum atomic E-state index is -0.858. The van der Waals surface area contributed by atoms with Crippen molar-refractivity contribution in [3.8, 4) is 0 Å². The van der Waals surface area contributed by atoms with Crippen molar-refractivity contribution in [2.24, 2.45) is 0 Å². The third kappa shape index (κ3) is 50.0. The Morgan fingerprint density at radius 2 is 0.719 bits per heavy atom. The number of amides is 1. The van der Waals surface area contributed by atoms with Crippen LogP contribution in [0.3, 0.4) is 0 Å². The summed E-state index contributed by atoms with van der Waals surface area (Å²) in [4.78, 5) is 24.5. The number of esters is 1. The van der Waals surface area contributed by atoms with Gasteiger partial charge >= 0.3 is 5.97 Å². The zero-order valence-corrected chi connectivity index (χ0v) is 43.3. The molecule has 0 aliphatic heterocycles. The SMILES string of the molecule is CCCCCCCCCCCCCCCCCCCC/C=C/C(O)C(CO)NC(=O)CCCCCCCCCCCCOC(=O)CCCCCCCCCCCCCCCCCCC. The van der Waals surface area contributed by atoms with Gasteiger partial charge in [-0.3, -0.25) is 9.59 Å². The highest BCUT2D eigenvalue weighted by molar-refractivity contribution is 5.76. The highest BCUT2D eigenvalue weighted by Crippen LogP contribution is 2.17. The molecule has 0 rings (SSSR count). The quantitative estimate of drug-likeness (QED) is 0.0321. The van der Waals surface area contributed by atoms with Gasteiger partial charge in [-0.1, -0.05) is 289 Å². The Balaban J connectivity index is 3.48. The molecule has 380 valence electrons. The first-order valence-electron chi connectivity index (χ1n) is 29.0. The van der Waals surface area contributed by atoms with Gasteiger partial charge in [0, 0.05) is 12.8 Å². The number of rotatable bonds is 54. The normalized spacial score (nSPS) is 12.6. The summed E-state index contributed by atoms with van der Waals surface area (Å²) < 4.78 is 5.47. The Kier molecular flexibility index (Phi) is 53.0. The number of carbonyl (C=O) groups is 2. The molecular formula is C58H113NO5. The molecule has 0 aromatic heterocycles. The van der Waals surface area contributed by atoms with Crippen LogP contribution in [0.2, 0.25) is 0 Å². The zero-order valence-electron chi connectivity index (χ0n) is 43.3. The number of hydrogen-bond donors (Lipinski definition) is 3. The van der Waals surface area contributed by atoms with Gasteiger partial charge in [-0.05, 0) is 32.1 Å². The van der Waals surface area contributed by atoms with Crippen LogP contribution in [-0.2, 0) is 14.3 Å². The number of aliphatic hydroxyl groups excluding tert-OH is 2. The molecule has 0 aromatic rings. The van der Waals surface area contributed by atoms with Crippen LogP contribution in [-0.4, -0.2) is 47.4 Å². The van der Waals surface area contributed by atoms with Crippen LogP contribution < -0.4 is 5.32 Å². The van der Waals surface area contributed by atoms with Crippen molar-refractivity contribution in [3.05, 3.63) is 12.2 Å². The van der Waals surface area contributed by atoms with Crippen LogP contribution >= 0.6 is 0 Å². The van der Waals surface area contributed by atoms with Crippen molar-refractivity contribution in [2.75, 3.05) is 13.2 Å². The first-order valence-corrected chi connectivity index (χ1v) is 29.0. The maximum Gasteiger partial charge on any atom is 0.305 e. The Morgan fingerprint density at radius 1 is 0.422 bits per heavy atom. The predicted molar refractivity (Wildman–Crippen MR) is 278 cm³/mol. The van der Waals surface area contributed by atoms with E-state index in [0.29, 0.717) is 19.4 Å². The maximum atomic E-state index is 12.5. The van der Waals surface area contributed by atoms with E-state index in [9.17, 15) is 19.8 Å². The van der Waals surface area contributed by atoms with Gasteiger partial charge in [-0.25, -0.2) is 0 Å². The molecule has 3 N–H and O–H groups in total. The smallest absolute Gasteiger partial charge is 0.305 e. The van der Waals surface area contributed by atoms with Gasteiger partial charge in [0.1, 0.15) is 0 Å². The van der Waals surface area contributed by atoms with E-state index in [1.54, 1.807) is 6.08 Å². The molecule has 6 heteroatoms. The molecule has 0 aromatic carbocycles. The Morgan fingerprint density at radius 3 is 1.06 bits per heavy atom. The summed E-state index contributed by atoms with van der Waals surface area (Å²) in [6.45, 7) is 4.88. The molecule has 6 nitrogen and oxygen atoms in total. The fourth-order valence-electron chi connectivity index (χ4n) is 9.11. The molecular weight excluding hydrogens is 791 g/mol. The van der Waals surface area contributed by atoms with E-state index >= 15 is 0 Å². The molecule has 2 atom stereocenters. The first-order chi connectivity index (χ1) is 31.5. The molecule has 64 heavy (non-hydrogen) atoms. The molecule has 0 radical (unpaired) electrons. The highest BCUT2D eigenvalue weighted by atomic mass is 16.5. The van der Waals surface area contributed by atoms with Gasteiger partial charge in [0.15, 0.2) is 0 Å². The standard InChI is InChI=1S/C58H113NO5/c1-3-5-7-9-11-13-15-17-19-21-22-23-25-26-28-30-34-38-42-46-50-56(61)55(54-60)59-57(62)51-47-43-39-35-32-33-37-41-45-49-53-64-58(63)52-48-44-40-36-31-29-27-24-20-18-16-14-12-10-8-6-4-2/h46,50,55-56,60-61H,3-45,47-49,51-54H2,1-2H3,(H,59,62)/b50-46+. The number of nitrogens with one attached hydrogen (secondary N) is 1. The lowest BCUT2D eigenvalue weighted by atomic mass is 10.0. The summed E-state index contributed by atoms with van der Waals surface area (Å²) >= 11 is 0. The Hall–Kier alpha value is -1.40. The fraction of sp³-hybridized carbons (Fsp3) is 0.931. The molecule has 2 unspecified atom stereocenters. The summed E-state index contributed by atoms with van der Waals surface area (Å²) in [5.74, 6) is -0.103. The summed E-state index contributed by atoms with van der Waals surface area (Å²) in [6, 6.07) is -0.644. The van der Waals surface area contributed by atoms with E-state index in [4.69, 9.17) is 4.74 Å². The van der Waals surface area contributed by atoms with Crippen LogP contribution in [0.25, 0.3) is 0 Å². The lowest BCUT2D eigenvalue weighted by molar-refractivity contribution is -0.143. The second-order valence-electron chi connectivity index (χ2n) is 20.0. The average molecular weight is 905 g/mol. The van der Waals surface area contributed by atoms with Crippen LogP contribution in [0.4, 0.5) is 0 Å². The first kappa shape index (κ1) is 62.6. The minimum Gasteiger partial charge on any atom is -0.466 e. The average Bonchev–Trinajstić information content (AvgIpc) is 3.29. The molecule has 0 spiro atoms. The highest BCUT2D eigenvalue weighted by Gasteiger charge is 2.18. The lowest BCUT2D eigenvalue weighted by Gasteiger charge is -2.20. The van der Waals surface area contributed by atoms with Crippen molar-refractivity contribution in [1.29, 1.82) is 0 Å². The molecule has 0 saturated heterocycles. The topological polar surface area (TPSA) is 95.9 Å². The van der Waals surface area contributed by atoms with Gasteiger partial charge in [-0.2, -0.15) is 0 Å². The third-order valence-corrected chi connectivity index (χ3v) is 13.6. The fourth-order valence-corrected chi connectivity index (χ4v) is 9.11. The number of carbonyl (C=O) groups excluding carboxylic acids is 2. The zero-order chi connectivity index (χ0) is 46.5. The summed E-state index contributed by atoms with van der Waals surface area (Å²) in [5.41, 5.74) is 0. The van der Waals surface area contributed by atoms with Crippen LogP contribution in [0, 0.1) is 0 Å². The van der Waals surface area contributed by atoms with Crippen molar-refractivity contribution in [2.45, 2.75) is 334 Å². The summed E-state index contributed by atoms with van der Waals surface area (Å²) in [6.07, 6.45) is 63.7. The summed E-state index contributed by atoms with van der Waals surface area (Å²) in [7, 11) is 0. The molecule has 0 heterocycles.